The van der Waals surface area contributed by atoms with Gasteiger partial charge in [0, 0.05) is 18.8 Å². The summed E-state index contributed by atoms with van der Waals surface area (Å²) < 4.78 is 5.61. The third-order valence-electron chi connectivity index (χ3n) is 3.79. The van der Waals surface area contributed by atoms with E-state index in [1.165, 1.54) is 5.56 Å². The van der Waals surface area contributed by atoms with E-state index in [1.54, 1.807) is 0 Å². The molecular weight excluding hydrogens is 300 g/mol. The van der Waals surface area contributed by atoms with Crippen molar-refractivity contribution >= 4 is 11.7 Å². The third-order valence-corrected chi connectivity index (χ3v) is 3.79. The third kappa shape index (κ3) is 5.39. The molecule has 4 nitrogen and oxygen atoms in total. The molecule has 0 saturated carbocycles. The van der Waals surface area contributed by atoms with E-state index >= 15 is 0 Å². The summed E-state index contributed by atoms with van der Waals surface area (Å²) in [7, 11) is 0. The number of ether oxygens (including phenoxy) is 1. The molecule has 0 atom stereocenters. The standard InChI is InChI=1S/C20H26N2O2/c1-4-11-24-14-18-8-6-5-7-17(18)13-21-20(23)22-19-10-9-15(2)12-16(19)3/h5-10,12H,4,11,13-14H2,1-3H3,(H2,21,22,23). The summed E-state index contributed by atoms with van der Waals surface area (Å²) in [6.45, 7) is 7.91. The molecule has 128 valence electrons. The number of hydrogen-bond acceptors (Lipinski definition) is 2. The Hall–Kier alpha value is -2.33. The van der Waals surface area contributed by atoms with Crippen molar-refractivity contribution in [2.75, 3.05) is 11.9 Å². The van der Waals surface area contributed by atoms with E-state index in [2.05, 4.69) is 23.6 Å². The lowest BCUT2D eigenvalue weighted by Gasteiger charge is -2.13. The second-order valence-electron chi connectivity index (χ2n) is 5.95. The van der Waals surface area contributed by atoms with Crippen LogP contribution in [0.5, 0.6) is 0 Å². The van der Waals surface area contributed by atoms with E-state index in [1.807, 2.05) is 50.2 Å². The van der Waals surface area contributed by atoms with Crippen LogP contribution in [0.3, 0.4) is 0 Å². The molecule has 4 heteroatoms. The molecule has 24 heavy (non-hydrogen) atoms. The molecule has 0 radical (unpaired) electrons. The van der Waals surface area contributed by atoms with E-state index in [-0.39, 0.29) is 6.03 Å². The average Bonchev–Trinajstić information content (AvgIpc) is 2.57. The largest absolute Gasteiger partial charge is 0.377 e. The summed E-state index contributed by atoms with van der Waals surface area (Å²) in [6.07, 6.45) is 0.999. The number of carbonyl (C=O) groups is 1. The molecule has 0 unspecified atom stereocenters. The number of rotatable bonds is 7. The van der Waals surface area contributed by atoms with Gasteiger partial charge in [0.05, 0.1) is 6.61 Å². The van der Waals surface area contributed by atoms with Crippen LogP contribution >= 0.6 is 0 Å². The van der Waals surface area contributed by atoms with Gasteiger partial charge in [0.2, 0.25) is 0 Å². The first kappa shape index (κ1) is 18.0. The Morgan fingerprint density at radius 2 is 1.83 bits per heavy atom. The topological polar surface area (TPSA) is 50.4 Å². The number of nitrogens with one attached hydrogen (secondary N) is 2. The summed E-state index contributed by atoms with van der Waals surface area (Å²) in [4.78, 5) is 12.1. The monoisotopic (exact) mass is 326 g/mol. The van der Waals surface area contributed by atoms with Gasteiger partial charge in [0.25, 0.3) is 0 Å². The highest BCUT2D eigenvalue weighted by Crippen LogP contribution is 2.16. The first-order valence-corrected chi connectivity index (χ1v) is 8.36. The van der Waals surface area contributed by atoms with Gasteiger partial charge in [0.1, 0.15) is 0 Å². The minimum Gasteiger partial charge on any atom is -0.377 e. The number of urea groups is 1. The van der Waals surface area contributed by atoms with Gasteiger partial charge in [-0.15, -0.1) is 0 Å². The van der Waals surface area contributed by atoms with Crippen molar-refractivity contribution in [3.05, 3.63) is 64.7 Å². The van der Waals surface area contributed by atoms with Gasteiger partial charge in [-0.2, -0.15) is 0 Å². The molecule has 0 bridgehead atoms. The van der Waals surface area contributed by atoms with E-state index in [0.717, 1.165) is 35.4 Å². The SMILES string of the molecule is CCCOCc1ccccc1CNC(=O)Nc1ccc(C)cc1C. The molecule has 0 aliphatic rings. The quantitative estimate of drug-likeness (QED) is 0.733. The fraction of sp³-hybridized carbons (Fsp3) is 0.350. The molecule has 2 amide bonds. The Bertz CT molecular complexity index is 683. The second kappa shape index (κ2) is 9.08. The molecule has 2 aromatic rings. The van der Waals surface area contributed by atoms with Gasteiger partial charge >= 0.3 is 6.03 Å². The zero-order valence-electron chi connectivity index (χ0n) is 14.7. The summed E-state index contributed by atoms with van der Waals surface area (Å²) in [5.74, 6) is 0. The van der Waals surface area contributed by atoms with Crippen LogP contribution in [0.4, 0.5) is 10.5 Å². The second-order valence-corrected chi connectivity index (χ2v) is 5.95. The maximum Gasteiger partial charge on any atom is 0.319 e. The van der Waals surface area contributed by atoms with Gasteiger partial charge in [-0.1, -0.05) is 48.9 Å². The molecule has 0 fully saturated rings. The van der Waals surface area contributed by atoms with E-state index in [0.29, 0.717) is 13.2 Å². The molecule has 0 heterocycles. The van der Waals surface area contributed by atoms with Crippen molar-refractivity contribution in [3.63, 3.8) is 0 Å². The van der Waals surface area contributed by atoms with Crippen LogP contribution < -0.4 is 10.6 Å². The van der Waals surface area contributed by atoms with Gasteiger partial charge in [-0.05, 0) is 43.0 Å². The lowest BCUT2D eigenvalue weighted by Crippen LogP contribution is -2.28. The predicted octanol–water partition coefficient (Wildman–Crippen LogP) is 4.55. The summed E-state index contributed by atoms with van der Waals surface area (Å²) in [5, 5.41) is 5.81. The molecule has 0 spiro atoms. The highest BCUT2D eigenvalue weighted by Gasteiger charge is 2.07. The minimum absolute atomic E-state index is 0.203. The Balaban J connectivity index is 1.91. The fourth-order valence-electron chi connectivity index (χ4n) is 2.49. The number of carbonyl (C=O) groups excluding carboxylic acids is 1. The smallest absolute Gasteiger partial charge is 0.319 e. The van der Waals surface area contributed by atoms with Gasteiger partial charge in [-0.3, -0.25) is 0 Å². The Kier molecular flexibility index (Phi) is 6.82. The molecular formula is C20H26N2O2. The highest BCUT2D eigenvalue weighted by molar-refractivity contribution is 5.90. The Morgan fingerprint density at radius 1 is 1.08 bits per heavy atom. The Labute approximate surface area is 144 Å². The van der Waals surface area contributed by atoms with Crippen molar-refractivity contribution in [2.45, 2.75) is 40.3 Å². The van der Waals surface area contributed by atoms with Crippen molar-refractivity contribution in [1.29, 1.82) is 0 Å². The Morgan fingerprint density at radius 3 is 2.54 bits per heavy atom. The number of anilines is 1. The minimum atomic E-state index is -0.203. The van der Waals surface area contributed by atoms with Crippen LogP contribution in [0, 0.1) is 13.8 Å². The number of benzene rings is 2. The lowest BCUT2D eigenvalue weighted by molar-refractivity contribution is 0.121. The highest BCUT2D eigenvalue weighted by atomic mass is 16.5. The lowest BCUT2D eigenvalue weighted by atomic mass is 10.1. The van der Waals surface area contributed by atoms with Crippen LogP contribution in [0.2, 0.25) is 0 Å². The molecule has 0 aromatic heterocycles. The van der Waals surface area contributed by atoms with Crippen LogP contribution in [-0.2, 0) is 17.9 Å². The summed E-state index contributed by atoms with van der Waals surface area (Å²) in [5.41, 5.74) is 5.25. The normalized spacial score (nSPS) is 10.5. The summed E-state index contributed by atoms with van der Waals surface area (Å²) in [6, 6.07) is 13.8. The average molecular weight is 326 g/mol. The van der Waals surface area contributed by atoms with Crippen molar-refractivity contribution in [1.82, 2.24) is 5.32 Å². The molecule has 0 aliphatic carbocycles. The van der Waals surface area contributed by atoms with Gasteiger partial charge in [-0.25, -0.2) is 4.79 Å². The van der Waals surface area contributed by atoms with Crippen LogP contribution in [-0.4, -0.2) is 12.6 Å². The number of hydrogen-bond donors (Lipinski definition) is 2. The first-order chi connectivity index (χ1) is 11.6. The van der Waals surface area contributed by atoms with Crippen LogP contribution in [0.15, 0.2) is 42.5 Å². The van der Waals surface area contributed by atoms with Crippen LogP contribution in [0.1, 0.15) is 35.6 Å². The molecule has 2 rings (SSSR count). The molecule has 2 aromatic carbocycles. The number of aryl methyl sites for hydroxylation is 2. The van der Waals surface area contributed by atoms with Crippen molar-refractivity contribution in [3.8, 4) is 0 Å². The van der Waals surface area contributed by atoms with E-state index in [9.17, 15) is 4.79 Å². The maximum absolute atomic E-state index is 12.1. The van der Waals surface area contributed by atoms with Gasteiger partial charge < -0.3 is 15.4 Å². The zero-order chi connectivity index (χ0) is 17.4. The van der Waals surface area contributed by atoms with Crippen LogP contribution in [0.25, 0.3) is 0 Å². The van der Waals surface area contributed by atoms with E-state index < -0.39 is 0 Å². The number of amides is 2. The zero-order valence-corrected chi connectivity index (χ0v) is 14.7. The molecule has 2 N–H and O–H groups in total. The van der Waals surface area contributed by atoms with Crippen molar-refractivity contribution in [2.24, 2.45) is 0 Å². The van der Waals surface area contributed by atoms with Gasteiger partial charge in [0.15, 0.2) is 0 Å². The first-order valence-electron chi connectivity index (χ1n) is 8.36. The molecule has 0 aliphatic heterocycles. The predicted molar refractivity (Wildman–Crippen MR) is 98.2 cm³/mol. The summed E-state index contributed by atoms with van der Waals surface area (Å²) >= 11 is 0. The molecule has 0 saturated heterocycles. The van der Waals surface area contributed by atoms with Crippen molar-refractivity contribution < 1.29 is 9.53 Å². The van der Waals surface area contributed by atoms with E-state index in [4.69, 9.17) is 4.74 Å². The fourth-order valence-corrected chi connectivity index (χ4v) is 2.49. The maximum atomic E-state index is 12.1.